The second-order valence-electron chi connectivity index (χ2n) is 7.49. The van der Waals surface area contributed by atoms with Gasteiger partial charge in [0.1, 0.15) is 0 Å². The third-order valence-corrected chi connectivity index (χ3v) is 4.94. The van der Waals surface area contributed by atoms with Crippen molar-refractivity contribution in [2.45, 2.75) is 83.6 Å². The summed E-state index contributed by atoms with van der Waals surface area (Å²) in [4.78, 5) is 0. The van der Waals surface area contributed by atoms with Crippen LogP contribution in [0.5, 0.6) is 0 Å². The highest BCUT2D eigenvalue weighted by atomic mass is 16.5. The summed E-state index contributed by atoms with van der Waals surface area (Å²) >= 11 is 0. The number of fused-ring (bicyclic) bond motifs is 2. The molecule has 1 aliphatic carbocycles. The van der Waals surface area contributed by atoms with Gasteiger partial charge in [-0.1, -0.05) is 20.8 Å². The van der Waals surface area contributed by atoms with E-state index in [2.05, 4.69) is 26.1 Å². The van der Waals surface area contributed by atoms with Gasteiger partial charge in [0.25, 0.3) is 0 Å². The maximum Gasteiger partial charge on any atom is 0.0733 e. The number of ether oxygens (including phenoxy) is 1. The maximum atomic E-state index is 5.94. The van der Waals surface area contributed by atoms with Gasteiger partial charge in [0, 0.05) is 12.1 Å². The highest BCUT2D eigenvalue weighted by Gasteiger charge is 2.42. The quantitative estimate of drug-likeness (QED) is 0.797. The van der Waals surface area contributed by atoms with E-state index in [0.717, 1.165) is 12.0 Å². The molecule has 2 heterocycles. The molecule has 0 aromatic carbocycles. The average molecular weight is 237 g/mol. The van der Waals surface area contributed by atoms with Crippen LogP contribution < -0.4 is 5.32 Å². The molecular weight excluding hydrogens is 210 g/mol. The van der Waals surface area contributed by atoms with Crippen molar-refractivity contribution in [3.05, 3.63) is 0 Å². The van der Waals surface area contributed by atoms with Gasteiger partial charge in [-0.15, -0.1) is 0 Å². The van der Waals surface area contributed by atoms with Gasteiger partial charge in [-0.2, -0.15) is 0 Å². The van der Waals surface area contributed by atoms with E-state index in [1.165, 1.54) is 38.5 Å². The van der Waals surface area contributed by atoms with Gasteiger partial charge < -0.3 is 10.1 Å². The average Bonchev–Trinajstić information content (AvgIpc) is 2.74. The molecule has 0 radical (unpaired) electrons. The standard InChI is InChI=1S/C15H27NO/c1-10-6-11(9-15(2,3)8-10)16-13-7-12-4-5-14(13)17-12/h10-14,16H,4-9H2,1-3H3. The molecule has 1 saturated carbocycles. The highest BCUT2D eigenvalue weighted by Crippen LogP contribution is 2.40. The van der Waals surface area contributed by atoms with Crippen LogP contribution in [0.2, 0.25) is 0 Å². The van der Waals surface area contributed by atoms with Gasteiger partial charge >= 0.3 is 0 Å². The Kier molecular flexibility index (Phi) is 2.99. The summed E-state index contributed by atoms with van der Waals surface area (Å²) in [6, 6.07) is 1.38. The van der Waals surface area contributed by atoms with Crippen molar-refractivity contribution in [3.8, 4) is 0 Å². The summed E-state index contributed by atoms with van der Waals surface area (Å²) in [6.07, 6.45) is 9.03. The van der Waals surface area contributed by atoms with Crippen molar-refractivity contribution in [3.63, 3.8) is 0 Å². The molecule has 3 rings (SSSR count). The topological polar surface area (TPSA) is 21.3 Å². The Labute approximate surface area is 105 Å². The summed E-state index contributed by atoms with van der Waals surface area (Å²) in [7, 11) is 0. The normalized spacial score (nSPS) is 48.5. The summed E-state index contributed by atoms with van der Waals surface area (Å²) in [5.74, 6) is 0.871. The zero-order chi connectivity index (χ0) is 12.0. The molecule has 0 amide bonds. The lowest BCUT2D eigenvalue weighted by Gasteiger charge is -2.41. The van der Waals surface area contributed by atoms with E-state index in [1.807, 2.05) is 0 Å². The Hall–Kier alpha value is -0.0800. The van der Waals surface area contributed by atoms with E-state index in [0.29, 0.717) is 23.7 Å². The summed E-state index contributed by atoms with van der Waals surface area (Å²) in [6.45, 7) is 7.26. The van der Waals surface area contributed by atoms with Gasteiger partial charge in [-0.05, 0) is 49.9 Å². The van der Waals surface area contributed by atoms with Gasteiger partial charge in [-0.25, -0.2) is 0 Å². The van der Waals surface area contributed by atoms with Crippen LogP contribution in [-0.2, 0) is 4.74 Å². The predicted molar refractivity (Wildman–Crippen MR) is 70.0 cm³/mol. The molecule has 5 unspecified atom stereocenters. The fourth-order valence-electron chi connectivity index (χ4n) is 4.59. The molecule has 2 bridgehead atoms. The lowest BCUT2D eigenvalue weighted by molar-refractivity contribution is 0.0886. The van der Waals surface area contributed by atoms with Crippen molar-refractivity contribution in [2.24, 2.45) is 11.3 Å². The third kappa shape index (κ3) is 2.53. The van der Waals surface area contributed by atoms with Crippen LogP contribution in [0.1, 0.15) is 59.3 Å². The van der Waals surface area contributed by atoms with Crippen molar-refractivity contribution in [1.82, 2.24) is 5.32 Å². The molecule has 17 heavy (non-hydrogen) atoms. The first-order valence-corrected chi connectivity index (χ1v) is 7.43. The Morgan fingerprint density at radius 3 is 2.53 bits per heavy atom. The van der Waals surface area contributed by atoms with Gasteiger partial charge in [0.15, 0.2) is 0 Å². The molecule has 0 aromatic heterocycles. The minimum Gasteiger partial charge on any atom is -0.373 e. The Morgan fingerprint density at radius 2 is 1.94 bits per heavy atom. The summed E-state index contributed by atoms with van der Waals surface area (Å²) < 4.78 is 5.94. The molecule has 0 spiro atoms. The smallest absolute Gasteiger partial charge is 0.0733 e. The monoisotopic (exact) mass is 237 g/mol. The molecule has 5 atom stereocenters. The van der Waals surface area contributed by atoms with Crippen molar-refractivity contribution in [1.29, 1.82) is 0 Å². The minimum absolute atomic E-state index is 0.522. The van der Waals surface area contributed by atoms with E-state index in [9.17, 15) is 0 Å². The Balaban J connectivity index is 1.58. The van der Waals surface area contributed by atoms with Crippen LogP contribution in [0.3, 0.4) is 0 Å². The van der Waals surface area contributed by atoms with Crippen molar-refractivity contribution >= 4 is 0 Å². The van der Waals surface area contributed by atoms with Crippen molar-refractivity contribution in [2.75, 3.05) is 0 Å². The Bertz CT molecular complexity index is 289. The van der Waals surface area contributed by atoms with Crippen LogP contribution in [0, 0.1) is 11.3 Å². The molecule has 2 heteroatoms. The number of rotatable bonds is 2. The maximum absolute atomic E-state index is 5.94. The van der Waals surface area contributed by atoms with E-state index < -0.39 is 0 Å². The second kappa shape index (κ2) is 4.24. The molecule has 0 aromatic rings. The molecule has 1 N–H and O–H groups in total. The summed E-state index contributed by atoms with van der Waals surface area (Å²) in [5.41, 5.74) is 0.522. The summed E-state index contributed by atoms with van der Waals surface area (Å²) in [5, 5.41) is 3.91. The molecule has 3 fully saturated rings. The van der Waals surface area contributed by atoms with Gasteiger partial charge in [-0.3, -0.25) is 0 Å². The molecule has 2 saturated heterocycles. The van der Waals surface area contributed by atoms with Gasteiger partial charge in [0.05, 0.1) is 12.2 Å². The number of nitrogens with one attached hydrogen (secondary N) is 1. The second-order valence-corrected chi connectivity index (χ2v) is 7.49. The van der Waals surface area contributed by atoms with Gasteiger partial charge in [0.2, 0.25) is 0 Å². The largest absolute Gasteiger partial charge is 0.373 e. The van der Waals surface area contributed by atoms with Crippen LogP contribution in [0.4, 0.5) is 0 Å². The first-order valence-electron chi connectivity index (χ1n) is 7.43. The van der Waals surface area contributed by atoms with E-state index in [4.69, 9.17) is 4.74 Å². The zero-order valence-electron chi connectivity index (χ0n) is 11.5. The van der Waals surface area contributed by atoms with Crippen LogP contribution in [0.25, 0.3) is 0 Å². The molecular formula is C15H27NO. The fourth-order valence-corrected chi connectivity index (χ4v) is 4.59. The van der Waals surface area contributed by atoms with Crippen molar-refractivity contribution < 1.29 is 4.74 Å². The fraction of sp³-hybridized carbons (Fsp3) is 1.00. The molecule has 3 aliphatic rings. The number of hydrogen-bond acceptors (Lipinski definition) is 2. The minimum atomic E-state index is 0.522. The highest BCUT2D eigenvalue weighted by molar-refractivity contribution is 4.97. The zero-order valence-corrected chi connectivity index (χ0v) is 11.5. The number of hydrogen-bond donors (Lipinski definition) is 1. The van der Waals surface area contributed by atoms with Crippen LogP contribution >= 0.6 is 0 Å². The molecule has 2 nitrogen and oxygen atoms in total. The predicted octanol–water partition coefficient (Wildman–Crippen LogP) is 3.11. The molecule has 2 aliphatic heterocycles. The lowest BCUT2D eigenvalue weighted by Crippen LogP contribution is -2.48. The van der Waals surface area contributed by atoms with Crippen LogP contribution in [-0.4, -0.2) is 24.3 Å². The molecule has 98 valence electrons. The Morgan fingerprint density at radius 1 is 1.12 bits per heavy atom. The van der Waals surface area contributed by atoms with E-state index in [-0.39, 0.29) is 0 Å². The van der Waals surface area contributed by atoms with Crippen LogP contribution in [0.15, 0.2) is 0 Å². The first kappa shape index (κ1) is 12.0. The lowest BCUT2D eigenvalue weighted by atomic mass is 9.70. The third-order valence-electron chi connectivity index (χ3n) is 4.94. The van der Waals surface area contributed by atoms with E-state index in [1.54, 1.807) is 0 Å². The SMILES string of the molecule is CC1CC(NC2CC3CCC2O3)CC(C)(C)C1. The first-order chi connectivity index (χ1) is 8.02. The van der Waals surface area contributed by atoms with E-state index >= 15 is 0 Å².